The number of carbonyl (C=O) groups excluding carboxylic acids is 1. The summed E-state index contributed by atoms with van der Waals surface area (Å²) >= 11 is 0. The van der Waals surface area contributed by atoms with Crippen LogP contribution >= 0.6 is 0 Å². The highest BCUT2D eigenvalue weighted by Crippen LogP contribution is 2.08. The van der Waals surface area contributed by atoms with E-state index in [0.29, 0.717) is 6.08 Å². The summed E-state index contributed by atoms with van der Waals surface area (Å²) in [5, 5.41) is 17.1. The number of allylic oxidation sites excluding steroid dienone is 1. The number of halogens is 1. The lowest BCUT2D eigenvalue weighted by Crippen LogP contribution is -2.05. The van der Waals surface area contributed by atoms with Crippen LogP contribution in [0, 0.1) is 5.82 Å². The number of aliphatic hydroxyl groups excluding tert-OH is 1. The van der Waals surface area contributed by atoms with Crippen LogP contribution in [-0.2, 0) is 4.79 Å². The molecule has 1 aromatic carbocycles. The second-order valence-electron chi connectivity index (χ2n) is 2.68. The van der Waals surface area contributed by atoms with Crippen molar-refractivity contribution in [2.75, 3.05) is 0 Å². The number of ketones is 1. The van der Waals surface area contributed by atoms with Crippen molar-refractivity contribution in [2.45, 2.75) is 0 Å². The van der Waals surface area contributed by atoms with Gasteiger partial charge in [-0.2, -0.15) is 0 Å². The molecule has 0 unspecified atom stereocenters. The molecular formula is C10H7FO4. The molecule has 0 amide bonds. The van der Waals surface area contributed by atoms with E-state index in [4.69, 9.17) is 10.2 Å². The number of rotatable bonds is 3. The highest BCUT2D eigenvalue weighted by molar-refractivity contribution is 6.07. The van der Waals surface area contributed by atoms with Gasteiger partial charge in [-0.05, 0) is 12.1 Å². The number of aliphatic hydroxyl groups is 1. The molecule has 0 atom stereocenters. The first kappa shape index (κ1) is 10.9. The van der Waals surface area contributed by atoms with E-state index >= 15 is 0 Å². The van der Waals surface area contributed by atoms with Crippen molar-refractivity contribution in [3.63, 3.8) is 0 Å². The molecule has 0 saturated heterocycles. The van der Waals surface area contributed by atoms with Gasteiger partial charge in [0.1, 0.15) is 5.82 Å². The van der Waals surface area contributed by atoms with Gasteiger partial charge in [0, 0.05) is 6.08 Å². The molecular weight excluding hydrogens is 203 g/mol. The second kappa shape index (κ2) is 4.36. The predicted octanol–water partition coefficient (Wildman–Crippen LogP) is 1.53. The van der Waals surface area contributed by atoms with Crippen LogP contribution in [0.25, 0.3) is 0 Å². The fraction of sp³-hybridized carbons (Fsp3) is 0. The summed E-state index contributed by atoms with van der Waals surface area (Å²) in [5.74, 6) is -4.42. The Morgan fingerprint density at radius 1 is 1.20 bits per heavy atom. The number of hydrogen-bond acceptors (Lipinski definition) is 3. The Bertz CT molecular complexity index is 437. The third kappa shape index (κ3) is 2.63. The maximum atomic E-state index is 13.0. The lowest BCUT2D eigenvalue weighted by Gasteiger charge is -1.97. The molecule has 0 bridgehead atoms. The molecule has 1 rings (SSSR count). The number of carboxylic acid groups (broad SMARTS) is 1. The molecule has 2 N–H and O–H groups in total. The maximum Gasteiger partial charge on any atom is 0.371 e. The van der Waals surface area contributed by atoms with Crippen molar-refractivity contribution in [2.24, 2.45) is 0 Å². The van der Waals surface area contributed by atoms with E-state index in [-0.39, 0.29) is 5.56 Å². The highest BCUT2D eigenvalue weighted by Gasteiger charge is 2.12. The average Bonchev–Trinajstić information content (AvgIpc) is 2.18. The summed E-state index contributed by atoms with van der Waals surface area (Å²) in [6.45, 7) is 0. The van der Waals surface area contributed by atoms with Crippen LogP contribution in [0.2, 0.25) is 0 Å². The van der Waals surface area contributed by atoms with Crippen molar-refractivity contribution < 1.29 is 24.2 Å². The van der Waals surface area contributed by atoms with Gasteiger partial charge in [-0.15, -0.1) is 0 Å². The number of benzene rings is 1. The second-order valence-corrected chi connectivity index (χ2v) is 2.68. The molecule has 5 heteroatoms. The van der Waals surface area contributed by atoms with Crippen molar-refractivity contribution in [3.8, 4) is 0 Å². The van der Waals surface area contributed by atoms with Crippen molar-refractivity contribution in [3.05, 3.63) is 47.5 Å². The molecule has 0 aliphatic rings. The van der Waals surface area contributed by atoms with Crippen LogP contribution in [0.5, 0.6) is 0 Å². The quantitative estimate of drug-likeness (QED) is 0.450. The molecule has 0 spiro atoms. The first-order chi connectivity index (χ1) is 7.02. The summed E-state index contributed by atoms with van der Waals surface area (Å²) in [6.07, 6.45) is 0.459. The molecule has 1 aromatic rings. The molecule has 78 valence electrons. The van der Waals surface area contributed by atoms with Gasteiger partial charge >= 0.3 is 5.97 Å². The normalized spacial score (nSPS) is 11.1. The van der Waals surface area contributed by atoms with Gasteiger partial charge in [-0.1, -0.05) is 12.1 Å². The third-order valence-corrected chi connectivity index (χ3v) is 1.63. The fourth-order valence-electron chi connectivity index (χ4n) is 0.925. The number of carbonyl (C=O) groups is 2. The molecule has 0 aliphatic carbocycles. The molecule has 0 fully saturated rings. The maximum absolute atomic E-state index is 13.0. The molecule has 0 radical (unpaired) electrons. The van der Waals surface area contributed by atoms with Gasteiger partial charge < -0.3 is 10.2 Å². The Morgan fingerprint density at radius 3 is 2.33 bits per heavy atom. The van der Waals surface area contributed by atoms with E-state index in [1.807, 2.05) is 0 Å². The summed E-state index contributed by atoms with van der Waals surface area (Å²) in [4.78, 5) is 21.4. The Hall–Kier alpha value is -2.17. The van der Waals surface area contributed by atoms with Gasteiger partial charge in [0.25, 0.3) is 0 Å². The third-order valence-electron chi connectivity index (χ3n) is 1.63. The van der Waals surface area contributed by atoms with Crippen molar-refractivity contribution >= 4 is 11.8 Å². The van der Waals surface area contributed by atoms with Gasteiger partial charge in [0.2, 0.25) is 5.76 Å². The summed E-state index contributed by atoms with van der Waals surface area (Å²) in [7, 11) is 0. The zero-order valence-corrected chi connectivity index (χ0v) is 7.48. The number of carboxylic acids is 1. The minimum atomic E-state index is -1.64. The van der Waals surface area contributed by atoms with Gasteiger partial charge in [-0.25, -0.2) is 9.18 Å². The minimum Gasteiger partial charge on any atom is -0.502 e. The van der Waals surface area contributed by atoms with E-state index < -0.39 is 23.3 Å². The van der Waals surface area contributed by atoms with Crippen molar-refractivity contribution in [1.29, 1.82) is 0 Å². The van der Waals surface area contributed by atoms with Crippen LogP contribution in [0.4, 0.5) is 4.39 Å². The highest BCUT2D eigenvalue weighted by atomic mass is 19.1. The molecule has 0 aliphatic heterocycles. The van der Waals surface area contributed by atoms with Crippen LogP contribution in [0.3, 0.4) is 0 Å². The Morgan fingerprint density at radius 2 is 1.80 bits per heavy atom. The van der Waals surface area contributed by atoms with E-state index in [2.05, 4.69) is 0 Å². The standard InChI is InChI=1S/C10H7FO4/c11-7-4-2-1-3-6(7)8(12)5-9(13)10(14)15/h1-5,13H,(H,14,15)/b9-5-. The van der Waals surface area contributed by atoms with Gasteiger partial charge in [0.05, 0.1) is 5.56 Å². The Balaban J connectivity index is 3.02. The lowest BCUT2D eigenvalue weighted by molar-refractivity contribution is -0.135. The molecule has 0 saturated carbocycles. The topological polar surface area (TPSA) is 74.6 Å². The monoisotopic (exact) mass is 210 g/mol. The van der Waals surface area contributed by atoms with Crippen LogP contribution in [0.15, 0.2) is 36.1 Å². The minimum absolute atomic E-state index is 0.287. The van der Waals surface area contributed by atoms with Gasteiger partial charge in [0.15, 0.2) is 5.78 Å². The molecule has 15 heavy (non-hydrogen) atoms. The van der Waals surface area contributed by atoms with Crippen LogP contribution < -0.4 is 0 Å². The molecule has 0 aromatic heterocycles. The van der Waals surface area contributed by atoms with E-state index in [0.717, 1.165) is 6.07 Å². The first-order valence-electron chi connectivity index (χ1n) is 3.95. The van der Waals surface area contributed by atoms with Crippen molar-refractivity contribution in [1.82, 2.24) is 0 Å². The fourth-order valence-corrected chi connectivity index (χ4v) is 0.925. The predicted molar refractivity (Wildman–Crippen MR) is 49.1 cm³/mol. The lowest BCUT2D eigenvalue weighted by atomic mass is 10.1. The smallest absolute Gasteiger partial charge is 0.371 e. The first-order valence-corrected chi connectivity index (χ1v) is 3.95. The average molecular weight is 210 g/mol. The van der Waals surface area contributed by atoms with Crippen LogP contribution in [-0.4, -0.2) is 22.0 Å². The SMILES string of the molecule is O=C(O)/C(O)=C/C(=O)c1ccccc1F. The summed E-state index contributed by atoms with van der Waals surface area (Å²) < 4.78 is 13.0. The zero-order chi connectivity index (χ0) is 11.4. The Kier molecular flexibility index (Phi) is 3.17. The zero-order valence-electron chi connectivity index (χ0n) is 7.48. The molecule has 0 heterocycles. The number of hydrogen-bond donors (Lipinski definition) is 2. The molecule has 4 nitrogen and oxygen atoms in total. The number of aliphatic carboxylic acids is 1. The van der Waals surface area contributed by atoms with E-state index in [1.54, 1.807) is 0 Å². The Labute approximate surface area is 84.3 Å². The summed E-state index contributed by atoms with van der Waals surface area (Å²) in [5.41, 5.74) is -0.287. The summed E-state index contributed by atoms with van der Waals surface area (Å²) in [6, 6.07) is 5.09. The van der Waals surface area contributed by atoms with E-state index in [9.17, 15) is 14.0 Å². The van der Waals surface area contributed by atoms with Gasteiger partial charge in [-0.3, -0.25) is 4.79 Å². The largest absolute Gasteiger partial charge is 0.502 e. The van der Waals surface area contributed by atoms with E-state index in [1.165, 1.54) is 18.2 Å². The van der Waals surface area contributed by atoms with Crippen LogP contribution in [0.1, 0.15) is 10.4 Å².